The first-order chi connectivity index (χ1) is 10.2. The highest BCUT2D eigenvalue weighted by Gasteiger charge is 2.30. The van der Waals surface area contributed by atoms with Crippen LogP contribution in [0.15, 0.2) is 47.7 Å². The van der Waals surface area contributed by atoms with E-state index < -0.39 is 6.36 Å². The van der Waals surface area contributed by atoms with Crippen LogP contribution < -0.4 is 9.64 Å². The lowest BCUT2D eigenvalue weighted by molar-refractivity contribution is -0.274. The van der Waals surface area contributed by atoms with Gasteiger partial charge in [0.05, 0.1) is 0 Å². The van der Waals surface area contributed by atoms with Gasteiger partial charge < -0.3 is 9.64 Å². The first-order valence-electron chi connectivity index (χ1n) is 7.17. The van der Waals surface area contributed by atoms with Gasteiger partial charge in [-0.1, -0.05) is 25.0 Å². The lowest BCUT2D eigenvalue weighted by atomic mass is 10.2. The van der Waals surface area contributed by atoms with E-state index in [1.165, 1.54) is 17.7 Å². The molecule has 0 aliphatic carbocycles. The van der Waals surface area contributed by atoms with Crippen LogP contribution in [0.3, 0.4) is 0 Å². The van der Waals surface area contributed by atoms with Gasteiger partial charge in [0, 0.05) is 18.4 Å². The summed E-state index contributed by atoms with van der Waals surface area (Å²) in [6.07, 6.45) is 1.68. The molecule has 0 unspecified atom stereocenters. The zero-order valence-corrected chi connectivity index (χ0v) is 13.4. The number of halogens is 3. The third kappa shape index (κ3) is 6.24. The molecule has 0 aliphatic rings. The predicted molar refractivity (Wildman–Crippen MR) is 84.0 cm³/mol. The molecule has 0 bridgehead atoms. The number of alkyl halides is 3. The maximum absolute atomic E-state index is 12.1. The first-order valence-corrected chi connectivity index (χ1v) is 7.17. The van der Waals surface area contributed by atoms with Crippen molar-refractivity contribution in [2.75, 3.05) is 11.9 Å². The maximum Gasteiger partial charge on any atom is 0.573 e. The van der Waals surface area contributed by atoms with E-state index in [1.807, 2.05) is 25.8 Å². The SMILES string of the molecule is CCC/C=C(C)/C=C(/C)N(C)c1ccc(OC(F)(F)F)cc1. The van der Waals surface area contributed by atoms with Crippen molar-refractivity contribution in [1.29, 1.82) is 0 Å². The minimum absolute atomic E-state index is 0.217. The number of allylic oxidation sites excluding steroid dienone is 4. The highest BCUT2D eigenvalue weighted by Crippen LogP contribution is 2.26. The Kier molecular flexibility index (Phi) is 6.53. The summed E-state index contributed by atoms with van der Waals surface area (Å²) >= 11 is 0. The number of rotatable bonds is 6. The fourth-order valence-electron chi connectivity index (χ4n) is 1.93. The van der Waals surface area contributed by atoms with Crippen molar-refractivity contribution in [3.8, 4) is 5.75 Å². The third-order valence-corrected chi connectivity index (χ3v) is 3.18. The molecule has 0 fully saturated rings. The predicted octanol–water partition coefficient (Wildman–Crippen LogP) is 5.67. The van der Waals surface area contributed by atoms with E-state index in [1.54, 1.807) is 12.1 Å². The molecule has 0 radical (unpaired) electrons. The summed E-state index contributed by atoms with van der Waals surface area (Å²) < 4.78 is 40.2. The second-order valence-corrected chi connectivity index (χ2v) is 5.12. The average Bonchev–Trinajstić information content (AvgIpc) is 2.43. The molecule has 0 atom stereocenters. The van der Waals surface area contributed by atoms with E-state index in [4.69, 9.17) is 0 Å². The van der Waals surface area contributed by atoms with Gasteiger partial charge in [-0.25, -0.2) is 0 Å². The second-order valence-electron chi connectivity index (χ2n) is 5.12. The van der Waals surface area contributed by atoms with Gasteiger partial charge in [0.2, 0.25) is 0 Å². The Morgan fingerprint density at radius 3 is 2.27 bits per heavy atom. The van der Waals surface area contributed by atoms with Crippen molar-refractivity contribution in [2.45, 2.75) is 40.0 Å². The van der Waals surface area contributed by atoms with E-state index >= 15 is 0 Å². The number of hydrogen-bond acceptors (Lipinski definition) is 2. The average molecular weight is 313 g/mol. The number of nitrogens with zero attached hydrogens (tertiary/aromatic N) is 1. The summed E-state index contributed by atoms with van der Waals surface area (Å²) in [5.41, 5.74) is 2.98. The van der Waals surface area contributed by atoms with Crippen LogP contribution in [0.25, 0.3) is 0 Å². The molecule has 1 aromatic carbocycles. The molecule has 0 spiro atoms. The summed E-state index contributed by atoms with van der Waals surface area (Å²) in [5.74, 6) is -0.217. The molecular formula is C17H22F3NO. The van der Waals surface area contributed by atoms with Crippen LogP contribution in [0.4, 0.5) is 18.9 Å². The molecule has 2 nitrogen and oxygen atoms in total. The highest BCUT2D eigenvalue weighted by molar-refractivity contribution is 5.53. The van der Waals surface area contributed by atoms with E-state index in [9.17, 15) is 13.2 Å². The molecule has 22 heavy (non-hydrogen) atoms. The van der Waals surface area contributed by atoms with Gasteiger partial charge in [0.15, 0.2) is 0 Å². The molecule has 0 amide bonds. The van der Waals surface area contributed by atoms with Gasteiger partial charge >= 0.3 is 6.36 Å². The number of hydrogen-bond donors (Lipinski definition) is 0. The molecule has 0 heterocycles. The molecule has 1 rings (SSSR count). The first kappa shape index (κ1) is 18.1. The van der Waals surface area contributed by atoms with Gasteiger partial charge in [-0.15, -0.1) is 13.2 Å². The van der Waals surface area contributed by atoms with Crippen LogP contribution >= 0.6 is 0 Å². The molecule has 0 aromatic heterocycles. The molecule has 122 valence electrons. The van der Waals surface area contributed by atoms with E-state index in [-0.39, 0.29) is 5.75 Å². The minimum Gasteiger partial charge on any atom is -0.406 e. The molecule has 0 saturated carbocycles. The van der Waals surface area contributed by atoms with Crippen LogP contribution in [0.1, 0.15) is 33.6 Å². The second kappa shape index (κ2) is 7.92. The van der Waals surface area contributed by atoms with Crippen LogP contribution in [0.2, 0.25) is 0 Å². The van der Waals surface area contributed by atoms with Crippen molar-refractivity contribution >= 4 is 5.69 Å². The zero-order chi connectivity index (χ0) is 16.8. The Balaban J connectivity index is 2.80. The fourth-order valence-corrected chi connectivity index (χ4v) is 1.93. The number of anilines is 1. The Morgan fingerprint density at radius 1 is 1.18 bits per heavy atom. The van der Waals surface area contributed by atoms with Crippen molar-refractivity contribution in [1.82, 2.24) is 0 Å². The summed E-state index contributed by atoms with van der Waals surface area (Å²) in [4.78, 5) is 1.92. The molecular weight excluding hydrogens is 291 g/mol. The van der Waals surface area contributed by atoms with E-state index in [2.05, 4.69) is 23.8 Å². The van der Waals surface area contributed by atoms with Crippen molar-refractivity contribution in [3.63, 3.8) is 0 Å². The van der Waals surface area contributed by atoms with Gasteiger partial charge in [-0.3, -0.25) is 0 Å². The van der Waals surface area contributed by atoms with Crippen LogP contribution in [0, 0.1) is 0 Å². The Bertz CT molecular complexity index is 530. The molecule has 0 aliphatic heterocycles. The standard InChI is InChI=1S/C17H22F3NO/c1-5-6-7-13(2)12-14(3)21(4)15-8-10-16(11-9-15)22-17(18,19)20/h7-12H,5-6H2,1-4H3/b13-7+,14-12-. The fraction of sp³-hybridized carbons (Fsp3) is 0.412. The molecule has 0 saturated heterocycles. The van der Waals surface area contributed by atoms with Crippen LogP contribution in [0.5, 0.6) is 5.75 Å². The molecule has 5 heteroatoms. The van der Waals surface area contributed by atoms with Crippen molar-refractivity contribution < 1.29 is 17.9 Å². The van der Waals surface area contributed by atoms with Gasteiger partial charge in [0.1, 0.15) is 5.75 Å². The minimum atomic E-state index is -4.66. The summed E-state index contributed by atoms with van der Waals surface area (Å²) in [6, 6.07) is 5.83. The largest absolute Gasteiger partial charge is 0.573 e. The summed E-state index contributed by atoms with van der Waals surface area (Å²) in [7, 11) is 1.87. The van der Waals surface area contributed by atoms with Crippen molar-refractivity contribution in [2.24, 2.45) is 0 Å². The van der Waals surface area contributed by atoms with Gasteiger partial charge in [-0.05, 0) is 50.6 Å². The van der Waals surface area contributed by atoms with Crippen LogP contribution in [-0.2, 0) is 0 Å². The normalized spacial score (nSPS) is 13.2. The Morgan fingerprint density at radius 2 is 1.77 bits per heavy atom. The number of benzene rings is 1. The Labute approximate surface area is 129 Å². The lowest BCUT2D eigenvalue weighted by Crippen LogP contribution is -2.17. The third-order valence-electron chi connectivity index (χ3n) is 3.18. The van der Waals surface area contributed by atoms with Gasteiger partial charge in [0.25, 0.3) is 0 Å². The number of ether oxygens (including phenoxy) is 1. The van der Waals surface area contributed by atoms with Crippen molar-refractivity contribution in [3.05, 3.63) is 47.7 Å². The van der Waals surface area contributed by atoms with Crippen LogP contribution in [-0.4, -0.2) is 13.4 Å². The maximum atomic E-state index is 12.1. The topological polar surface area (TPSA) is 12.5 Å². The molecule has 1 aromatic rings. The lowest BCUT2D eigenvalue weighted by Gasteiger charge is -2.21. The van der Waals surface area contributed by atoms with Gasteiger partial charge in [-0.2, -0.15) is 0 Å². The van der Waals surface area contributed by atoms with E-state index in [0.29, 0.717) is 0 Å². The Hall–Kier alpha value is -1.91. The quantitative estimate of drug-likeness (QED) is 0.627. The summed E-state index contributed by atoms with van der Waals surface area (Å²) in [5, 5.41) is 0. The monoisotopic (exact) mass is 313 g/mol. The summed E-state index contributed by atoms with van der Waals surface area (Å²) in [6.45, 7) is 6.12. The number of unbranched alkanes of at least 4 members (excludes halogenated alkanes) is 1. The highest BCUT2D eigenvalue weighted by atomic mass is 19.4. The zero-order valence-electron chi connectivity index (χ0n) is 13.4. The van der Waals surface area contributed by atoms with E-state index in [0.717, 1.165) is 24.2 Å². The smallest absolute Gasteiger partial charge is 0.406 e. The molecule has 0 N–H and O–H groups in total.